The zero-order valence-corrected chi connectivity index (χ0v) is 21.8. The number of halogens is 2. The summed E-state index contributed by atoms with van der Waals surface area (Å²) < 4.78 is 7.66. The Bertz CT molecular complexity index is 1410. The minimum atomic E-state index is -0.149. The van der Waals surface area contributed by atoms with Crippen LogP contribution in [0.1, 0.15) is 34.7 Å². The van der Waals surface area contributed by atoms with Crippen molar-refractivity contribution in [1.29, 1.82) is 0 Å². The summed E-state index contributed by atoms with van der Waals surface area (Å²) >= 11 is 18.6. The normalized spacial score (nSPS) is 17.5. The number of aromatic nitrogens is 2. The fraction of sp³-hybridized carbons (Fsp3) is 0.185. The van der Waals surface area contributed by atoms with Crippen LogP contribution < -0.4 is 15.0 Å². The molecule has 4 aromatic rings. The number of rotatable bonds is 5. The molecule has 2 aromatic heterocycles. The van der Waals surface area contributed by atoms with E-state index >= 15 is 0 Å². The molecule has 178 valence electrons. The quantitative estimate of drug-likeness (QED) is 0.286. The van der Waals surface area contributed by atoms with E-state index < -0.39 is 0 Å². The Balaban J connectivity index is 1.69. The smallest absolute Gasteiger partial charge is 0.174 e. The molecule has 3 heterocycles. The summed E-state index contributed by atoms with van der Waals surface area (Å²) in [6.07, 6.45) is 1.81. The minimum Gasteiger partial charge on any atom is -0.497 e. The van der Waals surface area contributed by atoms with Gasteiger partial charge in [0.2, 0.25) is 0 Å². The largest absolute Gasteiger partial charge is 0.497 e. The summed E-state index contributed by atoms with van der Waals surface area (Å²) in [6, 6.07) is 21.3. The van der Waals surface area contributed by atoms with Crippen molar-refractivity contribution in [2.75, 3.05) is 12.0 Å². The first-order valence-electron chi connectivity index (χ1n) is 11.2. The monoisotopic (exact) mass is 522 g/mol. The third kappa shape index (κ3) is 4.27. The van der Waals surface area contributed by atoms with Crippen molar-refractivity contribution in [3.63, 3.8) is 0 Å². The van der Waals surface area contributed by atoms with Gasteiger partial charge in [0, 0.05) is 34.4 Å². The summed E-state index contributed by atoms with van der Waals surface area (Å²) in [5, 5.41) is 5.35. The van der Waals surface area contributed by atoms with Crippen molar-refractivity contribution < 1.29 is 4.74 Å². The van der Waals surface area contributed by atoms with Crippen molar-refractivity contribution in [2.45, 2.75) is 25.9 Å². The van der Waals surface area contributed by atoms with Crippen LogP contribution in [0.3, 0.4) is 0 Å². The molecule has 1 fully saturated rings. The Morgan fingerprint density at radius 3 is 2.54 bits per heavy atom. The highest BCUT2D eigenvalue weighted by atomic mass is 35.5. The topological polar surface area (TPSA) is 42.3 Å². The van der Waals surface area contributed by atoms with Crippen LogP contribution in [0.15, 0.2) is 72.9 Å². The van der Waals surface area contributed by atoms with Crippen LogP contribution in [-0.2, 0) is 0 Å². The molecular formula is C27H24Cl2N4OS. The number of pyridine rings is 1. The molecule has 5 rings (SSSR count). The highest BCUT2D eigenvalue weighted by Crippen LogP contribution is 2.44. The predicted molar refractivity (Wildman–Crippen MR) is 146 cm³/mol. The number of aryl methyl sites for hydroxylation is 1. The molecule has 1 aliphatic heterocycles. The standard InChI is InChI=1S/C27H24Cl2N4OS/c1-16-13-21(17(2)32(16)24-11-10-18(28)14-22(24)29)26-25(23-9-4-5-12-30-23)31-27(35)33(26)19-7-6-8-20(15-19)34-3/h4-15,25-26H,1-3H3,(H,31,35)/t25-,26-/m0/s1. The third-order valence-electron chi connectivity index (χ3n) is 6.37. The van der Waals surface area contributed by atoms with Crippen molar-refractivity contribution >= 4 is 46.2 Å². The van der Waals surface area contributed by atoms with Gasteiger partial charge in [-0.15, -0.1) is 0 Å². The Hall–Kier alpha value is -3.06. The Labute approximate surface area is 220 Å². The summed E-state index contributed by atoms with van der Waals surface area (Å²) in [5.74, 6) is 0.767. The predicted octanol–water partition coefficient (Wildman–Crippen LogP) is 6.98. The van der Waals surface area contributed by atoms with Gasteiger partial charge in [-0.1, -0.05) is 35.3 Å². The van der Waals surface area contributed by atoms with Crippen LogP contribution >= 0.6 is 35.4 Å². The molecular weight excluding hydrogens is 499 g/mol. The molecule has 1 N–H and O–H groups in total. The van der Waals surface area contributed by atoms with E-state index in [1.54, 1.807) is 13.2 Å². The molecule has 0 bridgehead atoms. The minimum absolute atomic E-state index is 0.143. The van der Waals surface area contributed by atoms with E-state index in [2.05, 4.69) is 39.7 Å². The molecule has 0 radical (unpaired) electrons. The van der Waals surface area contributed by atoms with Crippen molar-refractivity contribution in [1.82, 2.24) is 14.9 Å². The highest BCUT2D eigenvalue weighted by Gasteiger charge is 2.42. The average Bonchev–Trinajstić information content (AvgIpc) is 3.35. The molecule has 0 amide bonds. The van der Waals surface area contributed by atoms with Gasteiger partial charge in [0.25, 0.3) is 0 Å². The lowest BCUT2D eigenvalue weighted by atomic mass is 9.96. The SMILES string of the molecule is COc1cccc(N2C(=S)N[C@@H](c3ccccn3)[C@@H]2c2cc(C)n(-c3ccc(Cl)cc3Cl)c2C)c1. The van der Waals surface area contributed by atoms with E-state index in [9.17, 15) is 0 Å². The number of nitrogens with zero attached hydrogens (tertiary/aromatic N) is 3. The average molecular weight is 523 g/mol. The van der Waals surface area contributed by atoms with E-state index in [1.165, 1.54) is 0 Å². The lowest BCUT2D eigenvalue weighted by molar-refractivity contribution is 0.415. The number of nitrogens with one attached hydrogen (secondary N) is 1. The third-order valence-corrected chi connectivity index (χ3v) is 7.22. The van der Waals surface area contributed by atoms with Gasteiger partial charge >= 0.3 is 0 Å². The molecule has 8 heteroatoms. The Morgan fingerprint density at radius 2 is 1.83 bits per heavy atom. The second kappa shape index (κ2) is 9.53. The molecule has 2 atom stereocenters. The first-order chi connectivity index (χ1) is 16.9. The van der Waals surface area contributed by atoms with Gasteiger partial charge in [0.1, 0.15) is 5.75 Å². The zero-order chi connectivity index (χ0) is 24.7. The number of benzene rings is 2. The number of hydrogen-bond acceptors (Lipinski definition) is 3. The van der Waals surface area contributed by atoms with Crippen LogP contribution in [0.25, 0.3) is 5.69 Å². The van der Waals surface area contributed by atoms with Gasteiger partial charge in [-0.05, 0) is 80.2 Å². The number of thiocarbonyl (C=S) groups is 1. The Morgan fingerprint density at radius 1 is 1.00 bits per heavy atom. The molecule has 35 heavy (non-hydrogen) atoms. The zero-order valence-electron chi connectivity index (χ0n) is 19.5. The molecule has 0 unspecified atom stereocenters. The number of anilines is 1. The molecule has 5 nitrogen and oxygen atoms in total. The lowest BCUT2D eigenvalue weighted by Crippen LogP contribution is -2.29. The van der Waals surface area contributed by atoms with E-state index in [4.69, 9.17) is 40.2 Å². The maximum Gasteiger partial charge on any atom is 0.174 e. The van der Waals surface area contributed by atoms with Gasteiger partial charge in [0.15, 0.2) is 5.11 Å². The van der Waals surface area contributed by atoms with Gasteiger partial charge in [-0.25, -0.2) is 0 Å². The van der Waals surface area contributed by atoms with Crippen molar-refractivity contribution in [3.05, 3.63) is 106 Å². The number of methoxy groups -OCH3 is 1. The van der Waals surface area contributed by atoms with Gasteiger partial charge in [0.05, 0.1) is 35.6 Å². The van der Waals surface area contributed by atoms with Crippen LogP contribution in [0.2, 0.25) is 10.0 Å². The number of hydrogen-bond donors (Lipinski definition) is 1. The summed E-state index contributed by atoms with van der Waals surface area (Å²) in [6.45, 7) is 4.18. The second-order valence-corrected chi connectivity index (χ2v) is 9.69. The van der Waals surface area contributed by atoms with Crippen LogP contribution in [0, 0.1) is 13.8 Å². The second-order valence-electron chi connectivity index (χ2n) is 8.46. The molecule has 1 saturated heterocycles. The van der Waals surface area contributed by atoms with Crippen LogP contribution in [0.4, 0.5) is 5.69 Å². The van der Waals surface area contributed by atoms with E-state index in [0.717, 1.165) is 39.8 Å². The van der Waals surface area contributed by atoms with Crippen molar-refractivity contribution in [3.8, 4) is 11.4 Å². The molecule has 2 aromatic carbocycles. The summed E-state index contributed by atoms with van der Waals surface area (Å²) in [5.41, 5.74) is 5.99. The van der Waals surface area contributed by atoms with E-state index in [0.29, 0.717) is 15.2 Å². The van der Waals surface area contributed by atoms with E-state index in [-0.39, 0.29) is 12.1 Å². The van der Waals surface area contributed by atoms with Crippen molar-refractivity contribution in [2.24, 2.45) is 0 Å². The molecule has 0 aliphatic carbocycles. The lowest BCUT2D eigenvalue weighted by Gasteiger charge is -2.28. The Kier molecular flexibility index (Phi) is 6.45. The van der Waals surface area contributed by atoms with E-state index in [1.807, 2.05) is 60.8 Å². The molecule has 0 spiro atoms. The first-order valence-corrected chi connectivity index (χ1v) is 12.3. The van der Waals surface area contributed by atoms with Crippen LogP contribution in [0.5, 0.6) is 5.75 Å². The van der Waals surface area contributed by atoms with Gasteiger partial charge in [-0.2, -0.15) is 0 Å². The maximum absolute atomic E-state index is 6.61. The number of ether oxygens (including phenoxy) is 1. The summed E-state index contributed by atoms with van der Waals surface area (Å²) in [4.78, 5) is 6.80. The first kappa shape index (κ1) is 23.7. The maximum atomic E-state index is 6.61. The van der Waals surface area contributed by atoms with Gasteiger partial charge in [-0.3, -0.25) is 4.98 Å². The fourth-order valence-electron chi connectivity index (χ4n) is 4.83. The fourth-order valence-corrected chi connectivity index (χ4v) is 5.67. The molecule has 0 saturated carbocycles. The highest BCUT2D eigenvalue weighted by molar-refractivity contribution is 7.80. The summed E-state index contributed by atoms with van der Waals surface area (Å²) in [7, 11) is 1.66. The van der Waals surface area contributed by atoms with Gasteiger partial charge < -0.3 is 19.5 Å². The van der Waals surface area contributed by atoms with Crippen LogP contribution in [-0.4, -0.2) is 21.8 Å². The molecule has 1 aliphatic rings.